The fraction of sp³-hybridized carbons (Fsp3) is 0.435. The third-order valence-electron chi connectivity index (χ3n) is 6.53. The average molecular weight is 461 g/mol. The van der Waals surface area contributed by atoms with Gasteiger partial charge in [0.15, 0.2) is 0 Å². The molecule has 2 aromatic rings. The van der Waals surface area contributed by atoms with Gasteiger partial charge >= 0.3 is 6.03 Å². The lowest BCUT2D eigenvalue weighted by atomic mass is 9.76. The number of carbonyl (C=O) groups is 1. The van der Waals surface area contributed by atoms with Crippen LogP contribution in [-0.4, -0.2) is 44.0 Å². The number of carbonyl (C=O) groups excluding carboxylic acids is 1. The maximum Gasteiger partial charge on any atom is 0.319 e. The Morgan fingerprint density at radius 3 is 2.62 bits per heavy atom. The topological polar surface area (TPSA) is 105 Å². The Morgan fingerprint density at radius 1 is 1.16 bits per heavy atom. The summed E-state index contributed by atoms with van der Waals surface area (Å²) in [6.45, 7) is 1.65. The van der Waals surface area contributed by atoms with E-state index in [4.69, 9.17) is 5.14 Å². The molecule has 7 nitrogen and oxygen atoms in total. The normalized spacial score (nSPS) is 20.5. The van der Waals surface area contributed by atoms with E-state index in [9.17, 15) is 17.6 Å². The first kappa shape index (κ1) is 22.7. The highest BCUT2D eigenvalue weighted by atomic mass is 32.2. The van der Waals surface area contributed by atoms with Crippen molar-refractivity contribution in [1.82, 2.24) is 10.2 Å². The Bertz CT molecular complexity index is 1090. The number of amides is 2. The molecule has 1 saturated heterocycles. The van der Waals surface area contributed by atoms with Gasteiger partial charge in [-0.1, -0.05) is 24.3 Å². The van der Waals surface area contributed by atoms with Crippen molar-refractivity contribution < 1.29 is 17.6 Å². The Hall–Kier alpha value is -2.49. The van der Waals surface area contributed by atoms with Crippen LogP contribution in [0.2, 0.25) is 0 Å². The molecule has 32 heavy (non-hydrogen) atoms. The number of anilines is 1. The maximum atomic E-state index is 14.1. The SMILES string of the molecule is NS(=O)(=O)c1cccc(NC(=O)NC2(CN3CCCC3Cc3ccccc3F)CCC2)c1. The largest absolute Gasteiger partial charge is 0.331 e. The molecule has 0 bridgehead atoms. The van der Waals surface area contributed by atoms with Gasteiger partial charge in [-0.3, -0.25) is 4.90 Å². The molecule has 0 radical (unpaired) electrons. The number of nitrogens with two attached hydrogens (primary N) is 1. The van der Waals surface area contributed by atoms with Gasteiger partial charge in [-0.2, -0.15) is 0 Å². The minimum Gasteiger partial charge on any atom is -0.331 e. The molecule has 1 saturated carbocycles. The van der Waals surface area contributed by atoms with Crippen molar-refractivity contribution >= 4 is 21.7 Å². The number of likely N-dealkylation sites (tertiary alicyclic amines) is 1. The number of rotatable bonds is 7. The molecular formula is C23H29FN4O3S. The van der Waals surface area contributed by atoms with Crippen LogP contribution in [0.25, 0.3) is 0 Å². The molecule has 0 aromatic heterocycles. The van der Waals surface area contributed by atoms with Crippen molar-refractivity contribution in [3.8, 4) is 0 Å². The van der Waals surface area contributed by atoms with Crippen LogP contribution >= 0.6 is 0 Å². The number of nitrogens with zero attached hydrogens (tertiary/aromatic N) is 1. The first-order valence-corrected chi connectivity index (χ1v) is 12.5. The lowest BCUT2D eigenvalue weighted by Gasteiger charge is -2.46. The first-order valence-electron chi connectivity index (χ1n) is 10.9. The predicted molar refractivity (Wildman–Crippen MR) is 121 cm³/mol. The predicted octanol–water partition coefficient (Wildman–Crippen LogP) is 3.22. The van der Waals surface area contributed by atoms with Gasteiger partial charge in [0.25, 0.3) is 0 Å². The molecule has 9 heteroatoms. The maximum absolute atomic E-state index is 14.1. The van der Waals surface area contributed by atoms with E-state index in [1.807, 2.05) is 12.1 Å². The van der Waals surface area contributed by atoms with E-state index >= 15 is 0 Å². The molecular weight excluding hydrogens is 431 g/mol. The molecule has 1 atom stereocenters. The smallest absolute Gasteiger partial charge is 0.319 e. The molecule has 172 valence electrons. The van der Waals surface area contributed by atoms with Crippen LogP contribution in [0.15, 0.2) is 53.4 Å². The molecule has 1 heterocycles. The summed E-state index contributed by atoms with van der Waals surface area (Å²) < 4.78 is 37.2. The molecule has 2 amide bonds. The molecule has 2 aromatic carbocycles. The number of primary sulfonamides is 1. The summed E-state index contributed by atoms with van der Waals surface area (Å²) in [6, 6.07) is 12.7. The van der Waals surface area contributed by atoms with Crippen LogP contribution in [0.5, 0.6) is 0 Å². The third kappa shape index (κ3) is 5.28. The fourth-order valence-electron chi connectivity index (χ4n) is 4.72. The highest BCUT2D eigenvalue weighted by Gasteiger charge is 2.42. The first-order chi connectivity index (χ1) is 15.2. The molecule has 4 rings (SSSR count). The van der Waals surface area contributed by atoms with Crippen LogP contribution < -0.4 is 15.8 Å². The molecule has 1 aliphatic heterocycles. The summed E-state index contributed by atoms with van der Waals surface area (Å²) in [7, 11) is -3.85. The molecule has 2 fully saturated rings. The summed E-state index contributed by atoms with van der Waals surface area (Å²) in [6.07, 6.45) is 5.52. The Morgan fingerprint density at radius 2 is 1.94 bits per heavy atom. The zero-order valence-corrected chi connectivity index (χ0v) is 18.7. The number of sulfonamides is 1. The van der Waals surface area contributed by atoms with E-state index in [0.717, 1.165) is 50.8 Å². The lowest BCUT2D eigenvalue weighted by molar-refractivity contribution is 0.109. The second-order valence-corrected chi connectivity index (χ2v) is 10.4. The van der Waals surface area contributed by atoms with Gasteiger partial charge < -0.3 is 10.6 Å². The van der Waals surface area contributed by atoms with E-state index in [0.29, 0.717) is 12.1 Å². The molecule has 0 spiro atoms. The van der Waals surface area contributed by atoms with Gasteiger partial charge in [-0.15, -0.1) is 0 Å². The average Bonchev–Trinajstić information content (AvgIpc) is 3.14. The monoisotopic (exact) mass is 460 g/mol. The van der Waals surface area contributed by atoms with Crippen molar-refractivity contribution in [2.24, 2.45) is 5.14 Å². The van der Waals surface area contributed by atoms with Gasteiger partial charge in [-0.05, 0) is 74.9 Å². The van der Waals surface area contributed by atoms with E-state index in [1.165, 1.54) is 24.3 Å². The van der Waals surface area contributed by atoms with E-state index in [1.54, 1.807) is 12.1 Å². The minimum atomic E-state index is -3.85. The van der Waals surface area contributed by atoms with Gasteiger partial charge in [0.1, 0.15) is 5.82 Å². The quantitative estimate of drug-likeness (QED) is 0.590. The number of urea groups is 1. The Kier molecular flexibility index (Phi) is 6.50. The number of hydrogen-bond acceptors (Lipinski definition) is 4. The fourth-order valence-corrected chi connectivity index (χ4v) is 5.28. The molecule has 4 N–H and O–H groups in total. The summed E-state index contributed by atoms with van der Waals surface area (Å²) in [5.74, 6) is -0.170. The van der Waals surface area contributed by atoms with E-state index in [2.05, 4.69) is 15.5 Å². The van der Waals surface area contributed by atoms with Gasteiger partial charge in [0.05, 0.1) is 10.4 Å². The van der Waals surface area contributed by atoms with Gasteiger partial charge in [-0.25, -0.2) is 22.7 Å². The van der Waals surface area contributed by atoms with Gasteiger partial charge in [0.2, 0.25) is 10.0 Å². The zero-order chi connectivity index (χ0) is 22.8. The second kappa shape index (κ2) is 9.17. The summed E-state index contributed by atoms with van der Waals surface area (Å²) >= 11 is 0. The Labute approximate surface area is 188 Å². The second-order valence-electron chi connectivity index (χ2n) is 8.85. The molecule has 1 aliphatic carbocycles. The molecule has 2 aliphatic rings. The molecule has 1 unspecified atom stereocenters. The number of halogens is 1. The van der Waals surface area contributed by atoms with Crippen molar-refractivity contribution in [1.29, 1.82) is 0 Å². The number of benzene rings is 2. The highest BCUT2D eigenvalue weighted by molar-refractivity contribution is 7.89. The summed E-state index contributed by atoms with van der Waals surface area (Å²) in [5, 5.41) is 11.0. The van der Waals surface area contributed by atoms with Crippen LogP contribution in [0, 0.1) is 5.82 Å². The van der Waals surface area contributed by atoms with Crippen molar-refractivity contribution in [3.63, 3.8) is 0 Å². The highest BCUT2D eigenvalue weighted by Crippen LogP contribution is 2.35. The summed E-state index contributed by atoms with van der Waals surface area (Å²) in [5.41, 5.74) is 0.758. The number of nitrogens with one attached hydrogen (secondary N) is 2. The standard InChI is InChI=1S/C23H29FN4O3S/c24-21-10-2-1-6-17(21)14-19-8-4-13-28(19)16-23(11-5-12-23)27-22(29)26-18-7-3-9-20(15-18)32(25,30)31/h1-3,6-7,9-10,15,19H,4-5,8,11-14,16H2,(H2,25,30,31)(H2,26,27,29). The lowest BCUT2D eigenvalue weighted by Crippen LogP contribution is -2.61. The van der Waals surface area contributed by atoms with Crippen molar-refractivity contribution in [3.05, 3.63) is 59.9 Å². The zero-order valence-electron chi connectivity index (χ0n) is 17.9. The van der Waals surface area contributed by atoms with Crippen LogP contribution in [-0.2, 0) is 16.4 Å². The van der Waals surface area contributed by atoms with Crippen molar-refractivity contribution in [2.75, 3.05) is 18.4 Å². The number of hydrogen-bond donors (Lipinski definition) is 3. The minimum absolute atomic E-state index is 0.0540. The van der Waals surface area contributed by atoms with Crippen molar-refractivity contribution in [2.45, 2.75) is 55.0 Å². The van der Waals surface area contributed by atoms with E-state index < -0.39 is 10.0 Å². The van der Waals surface area contributed by atoms with Crippen LogP contribution in [0.4, 0.5) is 14.9 Å². The van der Waals surface area contributed by atoms with Gasteiger partial charge in [0, 0.05) is 18.3 Å². The van der Waals surface area contributed by atoms with E-state index in [-0.39, 0.29) is 28.3 Å². The van der Waals surface area contributed by atoms with Crippen LogP contribution in [0.3, 0.4) is 0 Å². The Balaban J connectivity index is 1.39. The summed E-state index contributed by atoms with van der Waals surface area (Å²) in [4.78, 5) is 15.0. The van der Waals surface area contributed by atoms with Crippen LogP contribution in [0.1, 0.15) is 37.7 Å². The third-order valence-corrected chi connectivity index (χ3v) is 7.44.